The maximum atomic E-state index is 12.0. The molecule has 0 bridgehead atoms. The van der Waals surface area contributed by atoms with Crippen LogP contribution in [0.1, 0.15) is 20.9 Å². The summed E-state index contributed by atoms with van der Waals surface area (Å²) < 4.78 is 5.02. The first kappa shape index (κ1) is 14.5. The van der Waals surface area contributed by atoms with E-state index < -0.39 is 0 Å². The van der Waals surface area contributed by atoms with Crippen LogP contribution >= 0.6 is 0 Å². The smallest absolute Gasteiger partial charge is 0.291 e. The van der Waals surface area contributed by atoms with Crippen molar-refractivity contribution in [3.8, 4) is 0 Å². The summed E-state index contributed by atoms with van der Waals surface area (Å²) in [5.41, 5.74) is 1.70. The number of carbonyl (C=O) groups excluding carboxylic acids is 2. The molecule has 2 heterocycles. The SMILES string of the molecule is O=C(Nc1ccc(NC(=O)c2ccco2)cc1)c1cccnc1. The van der Waals surface area contributed by atoms with Crippen molar-refractivity contribution >= 4 is 23.2 Å². The van der Waals surface area contributed by atoms with E-state index in [2.05, 4.69) is 15.6 Å². The van der Waals surface area contributed by atoms with E-state index in [1.807, 2.05) is 0 Å². The summed E-state index contributed by atoms with van der Waals surface area (Å²) in [7, 11) is 0. The molecular formula is C17H13N3O3. The minimum Gasteiger partial charge on any atom is -0.459 e. The van der Waals surface area contributed by atoms with Gasteiger partial charge in [-0.1, -0.05) is 0 Å². The summed E-state index contributed by atoms with van der Waals surface area (Å²) >= 11 is 0. The number of anilines is 2. The van der Waals surface area contributed by atoms with E-state index in [4.69, 9.17) is 4.42 Å². The lowest BCUT2D eigenvalue weighted by atomic mass is 10.2. The zero-order valence-corrected chi connectivity index (χ0v) is 12.0. The van der Waals surface area contributed by atoms with E-state index in [0.717, 1.165) is 0 Å². The monoisotopic (exact) mass is 307 g/mol. The second kappa shape index (κ2) is 6.57. The predicted molar refractivity (Wildman–Crippen MR) is 85.3 cm³/mol. The van der Waals surface area contributed by atoms with Crippen molar-refractivity contribution in [3.05, 3.63) is 78.5 Å². The molecule has 0 saturated carbocycles. The normalized spacial score (nSPS) is 10.1. The van der Waals surface area contributed by atoms with E-state index in [1.165, 1.54) is 12.5 Å². The van der Waals surface area contributed by atoms with Gasteiger partial charge in [0.2, 0.25) is 0 Å². The second-order valence-corrected chi connectivity index (χ2v) is 4.70. The van der Waals surface area contributed by atoms with Gasteiger partial charge in [0.1, 0.15) is 0 Å². The van der Waals surface area contributed by atoms with E-state index in [0.29, 0.717) is 16.9 Å². The molecule has 0 atom stereocenters. The van der Waals surface area contributed by atoms with Crippen LogP contribution in [0.25, 0.3) is 0 Å². The van der Waals surface area contributed by atoms with E-state index in [1.54, 1.807) is 54.7 Å². The number of aromatic nitrogens is 1. The minimum absolute atomic E-state index is 0.235. The number of amides is 2. The van der Waals surface area contributed by atoms with Crippen LogP contribution in [0.5, 0.6) is 0 Å². The summed E-state index contributed by atoms with van der Waals surface area (Å²) in [4.78, 5) is 27.7. The summed E-state index contributed by atoms with van der Waals surface area (Å²) in [6, 6.07) is 13.4. The number of pyridine rings is 1. The first-order chi connectivity index (χ1) is 11.2. The molecule has 3 aromatic rings. The third-order valence-electron chi connectivity index (χ3n) is 3.07. The van der Waals surface area contributed by atoms with Crippen molar-refractivity contribution in [2.45, 2.75) is 0 Å². The van der Waals surface area contributed by atoms with Crippen LogP contribution in [0.3, 0.4) is 0 Å². The van der Waals surface area contributed by atoms with Crippen LogP contribution in [-0.4, -0.2) is 16.8 Å². The number of benzene rings is 1. The average Bonchev–Trinajstić information content (AvgIpc) is 3.12. The van der Waals surface area contributed by atoms with Crippen molar-refractivity contribution in [2.24, 2.45) is 0 Å². The minimum atomic E-state index is -0.331. The lowest BCUT2D eigenvalue weighted by molar-refractivity contribution is 0.0994. The second-order valence-electron chi connectivity index (χ2n) is 4.70. The quantitative estimate of drug-likeness (QED) is 0.775. The molecule has 0 radical (unpaired) electrons. The number of nitrogens with zero attached hydrogens (tertiary/aromatic N) is 1. The molecule has 6 heteroatoms. The molecule has 0 unspecified atom stereocenters. The third-order valence-corrected chi connectivity index (χ3v) is 3.07. The van der Waals surface area contributed by atoms with Gasteiger partial charge in [-0.15, -0.1) is 0 Å². The molecule has 0 saturated heterocycles. The standard InChI is InChI=1S/C17H13N3O3/c21-16(12-3-1-9-18-11-12)19-13-5-7-14(8-6-13)20-17(22)15-4-2-10-23-15/h1-11H,(H,19,21)(H,20,22). The molecule has 2 amide bonds. The Bertz CT molecular complexity index is 797. The van der Waals surface area contributed by atoms with Gasteiger partial charge in [0, 0.05) is 23.8 Å². The van der Waals surface area contributed by atoms with Crippen LogP contribution in [0, 0.1) is 0 Å². The number of carbonyl (C=O) groups is 2. The first-order valence-electron chi connectivity index (χ1n) is 6.89. The Morgan fingerprint density at radius 2 is 1.57 bits per heavy atom. The van der Waals surface area contributed by atoms with Gasteiger partial charge in [-0.2, -0.15) is 0 Å². The zero-order chi connectivity index (χ0) is 16.1. The highest BCUT2D eigenvalue weighted by Crippen LogP contribution is 2.15. The summed E-state index contributed by atoms with van der Waals surface area (Å²) in [6.45, 7) is 0. The molecule has 0 aliphatic rings. The Labute approximate surface area is 132 Å². The molecule has 2 aromatic heterocycles. The largest absolute Gasteiger partial charge is 0.459 e. The maximum absolute atomic E-state index is 12.0. The Morgan fingerprint density at radius 1 is 0.870 bits per heavy atom. The third kappa shape index (κ3) is 3.62. The Hall–Kier alpha value is -3.41. The summed E-state index contributed by atoms with van der Waals surface area (Å²) in [5, 5.41) is 5.46. The molecule has 2 N–H and O–H groups in total. The molecule has 0 spiro atoms. The number of rotatable bonds is 4. The van der Waals surface area contributed by atoms with Crippen molar-refractivity contribution in [3.63, 3.8) is 0 Å². The van der Waals surface area contributed by atoms with Crippen LogP contribution in [0.4, 0.5) is 11.4 Å². The van der Waals surface area contributed by atoms with Gasteiger partial charge in [-0.05, 0) is 48.5 Å². The predicted octanol–water partition coefficient (Wildman–Crippen LogP) is 3.18. The number of nitrogens with one attached hydrogen (secondary N) is 2. The molecule has 114 valence electrons. The lowest BCUT2D eigenvalue weighted by Crippen LogP contribution is -2.13. The topological polar surface area (TPSA) is 84.2 Å². The van der Waals surface area contributed by atoms with Gasteiger partial charge < -0.3 is 15.1 Å². The number of furan rings is 1. The number of hydrogen-bond acceptors (Lipinski definition) is 4. The van der Waals surface area contributed by atoms with Gasteiger partial charge in [-0.3, -0.25) is 14.6 Å². The molecule has 0 aliphatic carbocycles. The van der Waals surface area contributed by atoms with Crippen LogP contribution in [0.2, 0.25) is 0 Å². The Kier molecular flexibility index (Phi) is 4.15. The van der Waals surface area contributed by atoms with Crippen molar-refractivity contribution in [2.75, 3.05) is 10.6 Å². The summed E-state index contributed by atoms with van der Waals surface area (Å²) in [6.07, 6.45) is 4.53. The molecule has 0 fully saturated rings. The molecule has 3 rings (SSSR count). The van der Waals surface area contributed by atoms with Gasteiger partial charge in [0.05, 0.1) is 11.8 Å². The van der Waals surface area contributed by atoms with Gasteiger partial charge in [-0.25, -0.2) is 0 Å². The van der Waals surface area contributed by atoms with Gasteiger partial charge in [0.25, 0.3) is 11.8 Å². The average molecular weight is 307 g/mol. The van der Waals surface area contributed by atoms with Crippen LogP contribution < -0.4 is 10.6 Å². The van der Waals surface area contributed by atoms with Gasteiger partial charge in [0.15, 0.2) is 5.76 Å². The van der Waals surface area contributed by atoms with Crippen molar-refractivity contribution in [1.29, 1.82) is 0 Å². The fraction of sp³-hybridized carbons (Fsp3) is 0. The molecule has 6 nitrogen and oxygen atoms in total. The molecule has 1 aromatic carbocycles. The van der Waals surface area contributed by atoms with E-state index >= 15 is 0 Å². The highest BCUT2D eigenvalue weighted by molar-refractivity contribution is 6.04. The number of hydrogen-bond donors (Lipinski definition) is 2. The Balaban J connectivity index is 1.63. The maximum Gasteiger partial charge on any atom is 0.291 e. The molecule has 23 heavy (non-hydrogen) atoms. The van der Waals surface area contributed by atoms with Crippen molar-refractivity contribution in [1.82, 2.24) is 4.98 Å². The van der Waals surface area contributed by atoms with E-state index in [-0.39, 0.29) is 17.6 Å². The Morgan fingerprint density at radius 3 is 2.13 bits per heavy atom. The van der Waals surface area contributed by atoms with E-state index in [9.17, 15) is 9.59 Å². The van der Waals surface area contributed by atoms with Crippen molar-refractivity contribution < 1.29 is 14.0 Å². The highest BCUT2D eigenvalue weighted by atomic mass is 16.3. The molecule has 0 aliphatic heterocycles. The molecular weight excluding hydrogens is 294 g/mol. The van der Waals surface area contributed by atoms with Crippen LogP contribution in [-0.2, 0) is 0 Å². The fourth-order valence-corrected chi connectivity index (χ4v) is 1.94. The van der Waals surface area contributed by atoms with Crippen LogP contribution in [0.15, 0.2) is 71.6 Å². The lowest BCUT2D eigenvalue weighted by Gasteiger charge is -2.07. The fourth-order valence-electron chi connectivity index (χ4n) is 1.94. The highest BCUT2D eigenvalue weighted by Gasteiger charge is 2.09. The van der Waals surface area contributed by atoms with Gasteiger partial charge >= 0.3 is 0 Å². The first-order valence-corrected chi connectivity index (χ1v) is 6.89. The zero-order valence-electron chi connectivity index (χ0n) is 12.0. The summed E-state index contributed by atoms with van der Waals surface area (Å²) in [5.74, 6) is -0.341.